The summed E-state index contributed by atoms with van der Waals surface area (Å²) in [5, 5.41) is 11.8. The van der Waals surface area contributed by atoms with Crippen LogP contribution in [0, 0.1) is 17.2 Å². The Bertz CT molecular complexity index is 517. The Hall–Kier alpha value is -1.86. The zero-order chi connectivity index (χ0) is 15.1. The summed E-state index contributed by atoms with van der Waals surface area (Å²) in [6.07, 6.45) is 5.43. The monoisotopic (exact) mass is 285 g/mol. The number of carbonyl (C=O) groups excluding carboxylic acids is 1. The molecule has 1 aliphatic rings. The maximum atomic E-state index is 11.9. The summed E-state index contributed by atoms with van der Waals surface area (Å²) in [5.74, 6) is 0.848. The van der Waals surface area contributed by atoms with Gasteiger partial charge >= 0.3 is 0 Å². The molecule has 0 spiro atoms. The van der Waals surface area contributed by atoms with E-state index in [0.717, 1.165) is 25.4 Å². The summed E-state index contributed by atoms with van der Waals surface area (Å²) < 4.78 is 0. The minimum atomic E-state index is -0.0188. The van der Waals surface area contributed by atoms with Gasteiger partial charge in [-0.3, -0.25) is 4.79 Å². The van der Waals surface area contributed by atoms with Crippen LogP contribution in [0.3, 0.4) is 0 Å². The molecule has 1 saturated carbocycles. The first-order chi connectivity index (χ1) is 10.2. The molecule has 1 aliphatic carbocycles. The van der Waals surface area contributed by atoms with Crippen molar-refractivity contribution in [1.82, 2.24) is 4.90 Å². The van der Waals surface area contributed by atoms with E-state index in [4.69, 9.17) is 5.26 Å². The molecule has 21 heavy (non-hydrogen) atoms. The second kappa shape index (κ2) is 7.80. The first kappa shape index (κ1) is 15.5. The second-order valence-electron chi connectivity index (χ2n) is 5.87. The molecule has 0 heterocycles. The van der Waals surface area contributed by atoms with Crippen molar-refractivity contribution in [3.8, 4) is 6.07 Å². The van der Waals surface area contributed by atoms with Crippen LogP contribution in [0.5, 0.6) is 0 Å². The molecule has 0 aromatic heterocycles. The number of nitrogens with zero attached hydrogens (tertiary/aromatic N) is 2. The third-order valence-electron chi connectivity index (χ3n) is 4.06. The molecule has 1 amide bonds. The zero-order valence-electron chi connectivity index (χ0n) is 12.6. The molecule has 1 aromatic rings. The fourth-order valence-corrected chi connectivity index (χ4v) is 2.62. The number of carbonyl (C=O) groups is 1. The van der Waals surface area contributed by atoms with Crippen LogP contribution in [-0.4, -0.2) is 30.9 Å². The average Bonchev–Trinajstić information content (AvgIpc) is 2.43. The van der Waals surface area contributed by atoms with Crippen LogP contribution in [0.4, 0.5) is 5.69 Å². The van der Waals surface area contributed by atoms with Crippen molar-refractivity contribution in [2.45, 2.75) is 32.1 Å². The molecule has 0 atom stereocenters. The van der Waals surface area contributed by atoms with Gasteiger partial charge < -0.3 is 10.2 Å². The van der Waals surface area contributed by atoms with Gasteiger partial charge in [0.05, 0.1) is 11.3 Å². The standard InChI is InChI=1S/C17H23N3O/c1-20(13-14-6-4-7-14)11-5-10-17(21)19-16-9-3-2-8-15(16)12-18/h2-3,8-9,14H,4-7,10-11,13H2,1H3,(H,19,21). The lowest BCUT2D eigenvalue weighted by molar-refractivity contribution is -0.116. The lowest BCUT2D eigenvalue weighted by Crippen LogP contribution is -2.30. The number of amides is 1. The predicted octanol–water partition coefficient (Wildman–Crippen LogP) is 3.01. The summed E-state index contributed by atoms with van der Waals surface area (Å²) in [6.45, 7) is 2.10. The van der Waals surface area contributed by atoms with Crippen LogP contribution in [0.25, 0.3) is 0 Å². The van der Waals surface area contributed by atoms with Crippen molar-refractivity contribution in [3.05, 3.63) is 29.8 Å². The highest BCUT2D eigenvalue weighted by Gasteiger charge is 2.18. The number of nitriles is 1. The lowest BCUT2D eigenvalue weighted by Gasteiger charge is -2.30. The van der Waals surface area contributed by atoms with E-state index in [9.17, 15) is 4.79 Å². The third kappa shape index (κ3) is 4.87. The summed E-state index contributed by atoms with van der Waals surface area (Å²) in [7, 11) is 2.13. The molecule has 1 aromatic carbocycles. The topological polar surface area (TPSA) is 56.1 Å². The number of rotatable bonds is 7. The number of hydrogen-bond acceptors (Lipinski definition) is 3. The number of nitrogens with one attached hydrogen (secondary N) is 1. The molecule has 4 heteroatoms. The first-order valence-electron chi connectivity index (χ1n) is 7.66. The molecular weight excluding hydrogens is 262 g/mol. The Labute approximate surface area is 126 Å². The average molecular weight is 285 g/mol. The highest BCUT2D eigenvalue weighted by molar-refractivity contribution is 5.92. The van der Waals surface area contributed by atoms with Gasteiger partial charge in [0.15, 0.2) is 0 Å². The summed E-state index contributed by atoms with van der Waals surface area (Å²) in [5.41, 5.74) is 1.11. The van der Waals surface area contributed by atoms with Gasteiger partial charge in [-0.1, -0.05) is 18.6 Å². The van der Waals surface area contributed by atoms with E-state index in [1.807, 2.05) is 6.07 Å². The van der Waals surface area contributed by atoms with Crippen LogP contribution in [-0.2, 0) is 4.79 Å². The second-order valence-corrected chi connectivity index (χ2v) is 5.87. The van der Waals surface area contributed by atoms with E-state index >= 15 is 0 Å². The Balaban J connectivity index is 1.68. The molecule has 0 aliphatic heterocycles. The smallest absolute Gasteiger partial charge is 0.224 e. The molecule has 0 saturated heterocycles. The van der Waals surface area contributed by atoms with Crippen LogP contribution in [0.1, 0.15) is 37.7 Å². The fraction of sp³-hybridized carbons (Fsp3) is 0.529. The van der Waals surface area contributed by atoms with Crippen molar-refractivity contribution in [3.63, 3.8) is 0 Å². The van der Waals surface area contributed by atoms with Crippen LogP contribution >= 0.6 is 0 Å². The molecule has 4 nitrogen and oxygen atoms in total. The quantitative estimate of drug-likeness (QED) is 0.838. The van der Waals surface area contributed by atoms with E-state index in [0.29, 0.717) is 17.7 Å². The van der Waals surface area contributed by atoms with Gasteiger partial charge in [0.25, 0.3) is 0 Å². The van der Waals surface area contributed by atoms with Crippen LogP contribution < -0.4 is 5.32 Å². The van der Waals surface area contributed by atoms with Gasteiger partial charge in [0.2, 0.25) is 5.91 Å². The number of para-hydroxylation sites is 1. The number of benzene rings is 1. The van der Waals surface area contributed by atoms with Crippen LogP contribution in [0.2, 0.25) is 0 Å². The molecule has 0 bridgehead atoms. The van der Waals surface area contributed by atoms with Crippen LogP contribution in [0.15, 0.2) is 24.3 Å². The van der Waals surface area contributed by atoms with Crippen molar-refractivity contribution in [2.24, 2.45) is 5.92 Å². The minimum absolute atomic E-state index is 0.0188. The maximum Gasteiger partial charge on any atom is 0.224 e. The highest BCUT2D eigenvalue weighted by atomic mass is 16.1. The fourth-order valence-electron chi connectivity index (χ4n) is 2.62. The summed E-state index contributed by atoms with van der Waals surface area (Å²) in [6, 6.07) is 9.18. The molecule has 0 unspecified atom stereocenters. The zero-order valence-corrected chi connectivity index (χ0v) is 12.6. The Morgan fingerprint density at radius 3 is 2.86 bits per heavy atom. The van der Waals surface area contributed by atoms with E-state index in [1.165, 1.54) is 19.3 Å². The van der Waals surface area contributed by atoms with Crippen molar-refractivity contribution in [2.75, 3.05) is 25.5 Å². The number of hydrogen-bond donors (Lipinski definition) is 1. The van der Waals surface area contributed by atoms with E-state index in [1.54, 1.807) is 18.2 Å². The van der Waals surface area contributed by atoms with Gasteiger partial charge in [-0.15, -0.1) is 0 Å². The van der Waals surface area contributed by atoms with E-state index < -0.39 is 0 Å². The molecule has 1 N–H and O–H groups in total. The van der Waals surface area contributed by atoms with Gasteiger partial charge in [-0.2, -0.15) is 5.26 Å². The van der Waals surface area contributed by atoms with Gasteiger partial charge in [0.1, 0.15) is 6.07 Å². The van der Waals surface area contributed by atoms with Gasteiger partial charge in [-0.05, 0) is 50.9 Å². The lowest BCUT2D eigenvalue weighted by atomic mass is 9.85. The maximum absolute atomic E-state index is 11.9. The van der Waals surface area contributed by atoms with E-state index in [2.05, 4.69) is 23.3 Å². The molecule has 0 radical (unpaired) electrons. The molecule has 112 valence electrons. The Morgan fingerprint density at radius 1 is 1.43 bits per heavy atom. The highest BCUT2D eigenvalue weighted by Crippen LogP contribution is 2.26. The van der Waals surface area contributed by atoms with Gasteiger partial charge in [0, 0.05) is 13.0 Å². The first-order valence-corrected chi connectivity index (χ1v) is 7.66. The van der Waals surface area contributed by atoms with E-state index in [-0.39, 0.29) is 5.91 Å². The summed E-state index contributed by atoms with van der Waals surface area (Å²) in [4.78, 5) is 14.2. The van der Waals surface area contributed by atoms with Crippen molar-refractivity contribution < 1.29 is 4.79 Å². The SMILES string of the molecule is CN(CCCC(=O)Nc1ccccc1C#N)CC1CCC1. The van der Waals surface area contributed by atoms with Crippen molar-refractivity contribution >= 4 is 11.6 Å². The van der Waals surface area contributed by atoms with Gasteiger partial charge in [-0.25, -0.2) is 0 Å². The Kier molecular flexibility index (Phi) is 5.77. The predicted molar refractivity (Wildman–Crippen MR) is 83.9 cm³/mol. The van der Waals surface area contributed by atoms with Crippen molar-refractivity contribution in [1.29, 1.82) is 5.26 Å². The molecule has 2 rings (SSSR count). The molecular formula is C17H23N3O. The molecule has 1 fully saturated rings. The summed E-state index contributed by atoms with van der Waals surface area (Å²) >= 11 is 0. The largest absolute Gasteiger partial charge is 0.325 e. The third-order valence-corrected chi connectivity index (χ3v) is 4.06. The Morgan fingerprint density at radius 2 is 2.19 bits per heavy atom. The number of anilines is 1. The normalized spacial score (nSPS) is 14.5. The minimum Gasteiger partial charge on any atom is -0.325 e.